The van der Waals surface area contributed by atoms with Gasteiger partial charge in [-0.2, -0.15) is 0 Å². The normalized spacial score (nSPS) is 19.7. The van der Waals surface area contributed by atoms with Gasteiger partial charge in [-0.25, -0.2) is 4.39 Å². The van der Waals surface area contributed by atoms with Gasteiger partial charge >= 0.3 is 0 Å². The van der Waals surface area contributed by atoms with E-state index in [9.17, 15) is 14.3 Å². The predicted molar refractivity (Wildman–Crippen MR) is 83.0 cm³/mol. The van der Waals surface area contributed by atoms with Crippen molar-refractivity contribution in [3.05, 3.63) is 71.5 Å². The SMILES string of the molecule is O=C1[C@@H]([C@H](O)c2cccc(F)c2)OCCN1Cc1ccccc1. The van der Waals surface area contributed by atoms with Crippen molar-refractivity contribution in [2.45, 2.75) is 18.8 Å². The summed E-state index contributed by atoms with van der Waals surface area (Å²) in [6.45, 7) is 1.28. The predicted octanol–water partition coefficient (Wildman–Crippen LogP) is 2.29. The van der Waals surface area contributed by atoms with Crippen molar-refractivity contribution in [3.63, 3.8) is 0 Å². The molecule has 120 valence electrons. The Morgan fingerprint density at radius 3 is 2.74 bits per heavy atom. The fraction of sp³-hybridized carbons (Fsp3) is 0.278. The van der Waals surface area contributed by atoms with E-state index in [4.69, 9.17) is 4.74 Å². The molecule has 0 aromatic heterocycles. The molecule has 2 aromatic carbocycles. The minimum absolute atomic E-state index is 0.281. The van der Waals surface area contributed by atoms with Crippen LogP contribution in [0.1, 0.15) is 17.2 Å². The van der Waals surface area contributed by atoms with Crippen LogP contribution < -0.4 is 0 Å². The van der Waals surface area contributed by atoms with Gasteiger partial charge in [0.05, 0.1) is 6.61 Å². The lowest BCUT2D eigenvalue weighted by Gasteiger charge is -2.34. The van der Waals surface area contributed by atoms with E-state index in [2.05, 4.69) is 0 Å². The number of carbonyl (C=O) groups is 1. The van der Waals surface area contributed by atoms with Crippen molar-refractivity contribution in [3.8, 4) is 0 Å². The molecule has 0 aliphatic carbocycles. The number of nitrogens with zero attached hydrogens (tertiary/aromatic N) is 1. The Morgan fingerprint density at radius 2 is 2.00 bits per heavy atom. The molecule has 1 fully saturated rings. The highest BCUT2D eigenvalue weighted by Crippen LogP contribution is 2.24. The summed E-state index contributed by atoms with van der Waals surface area (Å²) in [4.78, 5) is 14.2. The molecule has 0 bridgehead atoms. The minimum atomic E-state index is -1.18. The second-order valence-corrected chi connectivity index (χ2v) is 5.54. The minimum Gasteiger partial charge on any atom is -0.385 e. The number of ether oxygens (including phenoxy) is 1. The zero-order chi connectivity index (χ0) is 16.2. The third-order valence-corrected chi connectivity index (χ3v) is 3.91. The van der Waals surface area contributed by atoms with Gasteiger partial charge in [0.2, 0.25) is 0 Å². The quantitative estimate of drug-likeness (QED) is 0.942. The molecule has 2 atom stereocenters. The molecule has 0 unspecified atom stereocenters. The average Bonchev–Trinajstić information content (AvgIpc) is 2.57. The van der Waals surface area contributed by atoms with Crippen LogP contribution in [0.3, 0.4) is 0 Å². The Balaban J connectivity index is 1.74. The van der Waals surface area contributed by atoms with Gasteiger partial charge in [0.25, 0.3) is 5.91 Å². The summed E-state index contributed by atoms with van der Waals surface area (Å²) in [5.41, 5.74) is 1.35. The van der Waals surface area contributed by atoms with Gasteiger partial charge in [-0.1, -0.05) is 42.5 Å². The van der Waals surface area contributed by atoms with Gasteiger partial charge in [-0.15, -0.1) is 0 Å². The molecule has 1 saturated heterocycles. The van der Waals surface area contributed by atoms with E-state index in [0.717, 1.165) is 5.56 Å². The lowest BCUT2D eigenvalue weighted by Crippen LogP contribution is -2.49. The Kier molecular flexibility index (Phi) is 4.69. The topological polar surface area (TPSA) is 49.8 Å². The van der Waals surface area contributed by atoms with Crippen LogP contribution in [0.4, 0.5) is 4.39 Å². The van der Waals surface area contributed by atoms with Crippen molar-refractivity contribution < 1.29 is 19.0 Å². The third-order valence-electron chi connectivity index (χ3n) is 3.91. The first-order valence-electron chi connectivity index (χ1n) is 7.53. The van der Waals surface area contributed by atoms with Crippen molar-refractivity contribution in [1.29, 1.82) is 0 Å². The van der Waals surface area contributed by atoms with E-state index in [1.165, 1.54) is 18.2 Å². The van der Waals surface area contributed by atoms with Gasteiger partial charge in [0, 0.05) is 13.1 Å². The van der Waals surface area contributed by atoms with Gasteiger partial charge in [-0.05, 0) is 23.3 Å². The zero-order valence-corrected chi connectivity index (χ0v) is 12.6. The van der Waals surface area contributed by atoms with Crippen molar-refractivity contribution in [2.75, 3.05) is 13.2 Å². The molecule has 0 saturated carbocycles. The van der Waals surface area contributed by atoms with E-state index in [0.29, 0.717) is 25.3 Å². The smallest absolute Gasteiger partial charge is 0.255 e. The lowest BCUT2D eigenvalue weighted by molar-refractivity contribution is -0.164. The van der Waals surface area contributed by atoms with E-state index < -0.39 is 18.0 Å². The second kappa shape index (κ2) is 6.89. The van der Waals surface area contributed by atoms with Crippen molar-refractivity contribution >= 4 is 5.91 Å². The molecular formula is C18H18FNO3. The zero-order valence-electron chi connectivity index (χ0n) is 12.6. The standard InChI is InChI=1S/C18H18FNO3/c19-15-8-4-7-14(11-15)16(21)17-18(22)20(9-10-23-17)12-13-5-2-1-3-6-13/h1-8,11,16-17,21H,9-10,12H2/t16-,17-/m1/s1. The van der Waals surface area contributed by atoms with Gasteiger partial charge in [0.15, 0.2) is 6.10 Å². The average molecular weight is 315 g/mol. The fourth-order valence-corrected chi connectivity index (χ4v) is 2.70. The monoisotopic (exact) mass is 315 g/mol. The molecule has 1 amide bonds. The molecule has 2 aromatic rings. The molecule has 1 N–H and O–H groups in total. The molecule has 0 radical (unpaired) electrons. The van der Waals surface area contributed by atoms with Crippen LogP contribution in [-0.4, -0.2) is 35.2 Å². The number of amides is 1. The van der Waals surface area contributed by atoms with Gasteiger partial charge < -0.3 is 14.7 Å². The summed E-state index contributed by atoms with van der Waals surface area (Å²) in [6.07, 6.45) is -2.19. The first-order chi connectivity index (χ1) is 11.1. The van der Waals surface area contributed by atoms with Crippen LogP contribution in [0, 0.1) is 5.82 Å². The van der Waals surface area contributed by atoms with E-state index in [-0.39, 0.29) is 5.91 Å². The maximum Gasteiger partial charge on any atom is 0.255 e. The fourth-order valence-electron chi connectivity index (χ4n) is 2.70. The highest BCUT2D eigenvalue weighted by atomic mass is 19.1. The summed E-state index contributed by atoms with van der Waals surface area (Å²) >= 11 is 0. The van der Waals surface area contributed by atoms with Crippen LogP contribution >= 0.6 is 0 Å². The molecule has 1 heterocycles. The summed E-state index contributed by atoms with van der Waals surface area (Å²) in [5, 5.41) is 10.4. The maximum absolute atomic E-state index is 13.3. The Bertz CT molecular complexity index is 677. The molecule has 3 rings (SSSR count). The molecule has 0 spiro atoms. The number of aliphatic hydroxyl groups is 1. The molecule has 4 nitrogen and oxygen atoms in total. The number of hydrogen-bond donors (Lipinski definition) is 1. The highest BCUT2D eigenvalue weighted by molar-refractivity contribution is 5.82. The number of hydrogen-bond acceptors (Lipinski definition) is 3. The molecule has 1 aliphatic heterocycles. The van der Waals surface area contributed by atoms with E-state index in [1.54, 1.807) is 11.0 Å². The molecule has 5 heteroatoms. The number of benzene rings is 2. The third kappa shape index (κ3) is 3.57. The van der Waals surface area contributed by atoms with Crippen molar-refractivity contribution in [2.24, 2.45) is 0 Å². The molecule has 23 heavy (non-hydrogen) atoms. The van der Waals surface area contributed by atoms with Crippen LogP contribution in [0.25, 0.3) is 0 Å². The number of halogens is 1. The van der Waals surface area contributed by atoms with Gasteiger partial charge in [-0.3, -0.25) is 4.79 Å². The summed E-state index contributed by atoms with van der Waals surface area (Å²) in [7, 11) is 0. The number of morpholine rings is 1. The second-order valence-electron chi connectivity index (χ2n) is 5.54. The first kappa shape index (κ1) is 15.6. The number of carbonyl (C=O) groups excluding carboxylic acids is 1. The van der Waals surface area contributed by atoms with Crippen LogP contribution in [0.15, 0.2) is 54.6 Å². The van der Waals surface area contributed by atoms with Crippen molar-refractivity contribution in [1.82, 2.24) is 4.90 Å². The lowest BCUT2D eigenvalue weighted by atomic mass is 10.0. The summed E-state index contributed by atoms with van der Waals surface area (Å²) < 4.78 is 18.8. The van der Waals surface area contributed by atoms with Crippen LogP contribution in [0.2, 0.25) is 0 Å². The molecular weight excluding hydrogens is 297 g/mol. The van der Waals surface area contributed by atoms with Gasteiger partial charge in [0.1, 0.15) is 11.9 Å². The number of rotatable bonds is 4. The van der Waals surface area contributed by atoms with Crippen LogP contribution in [0.5, 0.6) is 0 Å². The summed E-state index contributed by atoms with van der Waals surface area (Å²) in [5.74, 6) is -0.734. The first-order valence-corrected chi connectivity index (χ1v) is 7.53. The van der Waals surface area contributed by atoms with Crippen LogP contribution in [-0.2, 0) is 16.1 Å². The maximum atomic E-state index is 13.3. The Hall–Kier alpha value is -2.24. The number of aliphatic hydroxyl groups excluding tert-OH is 1. The Morgan fingerprint density at radius 1 is 1.22 bits per heavy atom. The largest absolute Gasteiger partial charge is 0.385 e. The van der Waals surface area contributed by atoms with E-state index in [1.807, 2.05) is 30.3 Å². The molecule has 1 aliphatic rings. The highest BCUT2D eigenvalue weighted by Gasteiger charge is 2.35. The van der Waals surface area contributed by atoms with E-state index >= 15 is 0 Å². The Labute approximate surface area is 134 Å². The summed E-state index contributed by atoms with van der Waals surface area (Å²) in [6, 6.07) is 15.2.